The number of allylic oxidation sites excluding steroid dienone is 2. The zero-order valence-electron chi connectivity index (χ0n) is 25.2. The largest absolute Gasteiger partial charge is 0.479 e. The zero-order valence-corrected chi connectivity index (χ0v) is 26.0. The lowest BCUT2D eigenvalue weighted by Crippen LogP contribution is -2.43. The third kappa shape index (κ3) is 10.1. The number of halogens is 4. The number of hydrogen-bond acceptors (Lipinski definition) is 4. The molecule has 0 saturated heterocycles. The number of aliphatic imine (C=N–C) groups is 1. The van der Waals surface area contributed by atoms with E-state index in [4.69, 9.17) is 16.7 Å². The molecule has 0 fully saturated rings. The number of carboxylic acid groups (broad SMARTS) is 1. The van der Waals surface area contributed by atoms with Crippen molar-refractivity contribution < 1.29 is 33.0 Å². The topological polar surface area (TPSA) is 114 Å². The number of carbonyl (C=O) groups excluding carboxylic acids is 1. The van der Waals surface area contributed by atoms with Crippen LogP contribution in [0.1, 0.15) is 65.7 Å². The van der Waals surface area contributed by atoms with E-state index in [1.807, 2.05) is 31.2 Å². The fraction of sp³-hybridized carbons (Fsp3) is 0.324. The molecule has 0 heterocycles. The molecule has 1 aliphatic rings. The van der Waals surface area contributed by atoms with Crippen molar-refractivity contribution >= 4 is 40.7 Å². The van der Waals surface area contributed by atoms with E-state index in [0.29, 0.717) is 16.3 Å². The van der Waals surface area contributed by atoms with Gasteiger partial charge < -0.3 is 25.7 Å². The van der Waals surface area contributed by atoms with Crippen molar-refractivity contribution in [3.63, 3.8) is 0 Å². The Morgan fingerprint density at radius 3 is 2.26 bits per heavy atom. The second-order valence-corrected chi connectivity index (χ2v) is 11.5. The molecular weight excluding hydrogens is 621 g/mol. The molecule has 1 unspecified atom stereocenters. The molecule has 12 heteroatoms. The lowest BCUT2D eigenvalue weighted by atomic mass is 9.93. The van der Waals surface area contributed by atoms with Crippen LogP contribution in [0.5, 0.6) is 0 Å². The van der Waals surface area contributed by atoms with Crippen LogP contribution in [0.25, 0.3) is 5.57 Å². The van der Waals surface area contributed by atoms with E-state index in [1.165, 1.54) is 17.7 Å². The van der Waals surface area contributed by atoms with Gasteiger partial charge in [0.05, 0.1) is 19.1 Å². The molecule has 2 atom stereocenters. The van der Waals surface area contributed by atoms with Crippen LogP contribution in [0.2, 0.25) is 5.02 Å². The van der Waals surface area contributed by atoms with E-state index in [0.717, 1.165) is 36.8 Å². The molecule has 3 aromatic rings. The number of hydrogen-bond donors (Lipinski definition) is 4. The van der Waals surface area contributed by atoms with Crippen molar-refractivity contribution in [1.82, 2.24) is 10.6 Å². The van der Waals surface area contributed by atoms with E-state index in [9.17, 15) is 27.9 Å². The fourth-order valence-corrected chi connectivity index (χ4v) is 5.09. The van der Waals surface area contributed by atoms with Crippen LogP contribution in [0.15, 0.2) is 83.9 Å². The van der Waals surface area contributed by atoms with Crippen LogP contribution in [-0.4, -0.2) is 53.4 Å². The Morgan fingerprint density at radius 2 is 1.67 bits per heavy atom. The summed E-state index contributed by atoms with van der Waals surface area (Å²) in [6.45, 7) is 0.0646. The summed E-state index contributed by atoms with van der Waals surface area (Å²) in [5, 5.41) is 24.3. The Labute approximate surface area is 270 Å². The monoisotopic (exact) mass is 656 g/mol. The number of aliphatic carboxylic acids is 1. The highest BCUT2D eigenvalue weighted by atomic mass is 35.5. The van der Waals surface area contributed by atoms with Gasteiger partial charge in [-0.1, -0.05) is 54.1 Å². The Morgan fingerprint density at radius 1 is 1.00 bits per heavy atom. The molecule has 0 aliphatic heterocycles. The number of aliphatic hydroxyl groups excluding tert-OH is 1. The summed E-state index contributed by atoms with van der Waals surface area (Å²) in [6.07, 6.45) is 0.180. The van der Waals surface area contributed by atoms with Crippen LogP contribution in [0.4, 0.5) is 18.9 Å². The summed E-state index contributed by atoms with van der Waals surface area (Å²) < 4.78 is 40.5. The lowest BCUT2D eigenvalue weighted by Gasteiger charge is -2.30. The number of aliphatic hydroxyl groups is 1. The quantitative estimate of drug-likeness (QED) is 0.134. The third-order valence-corrected chi connectivity index (χ3v) is 7.77. The third-order valence-electron chi connectivity index (χ3n) is 7.52. The van der Waals surface area contributed by atoms with Crippen molar-refractivity contribution in [3.05, 3.63) is 106 Å². The summed E-state index contributed by atoms with van der Waals surface area (Å²) >= 11 is 6.05. The van der Waals surface area contributed by atoms with E-state index in [1.54, 1.807) is 41.3 Å². The number of alkyl halides is 3. The maximum absolute atomic E-state index is 13.5. The smallest absolute Gasteiger partial charge is 0.408 e. The van der Waals surface area contributed by atoms with Gasteiger partial charge >= 0.3 is 12.1 Å². The van der Waals surface area contributed by atoms with Crippen molar-refractivity contribution in [1.29, 1.82) is 0 Å². The van der Waals surface area contributed by atoms with Crippen LogP contribution < -0.4 is 15.5 Å². The molecule has 0 radical (unpaired) electrons. The number of nitrogens with zero attached hydrogens (tertiary/aromatic N) is 2. The van der Waals surface area contributed by atoms with E-state index >= 15 is 0 Å². The minimum atomic E-state index is -4.54. The summed E-state index contributed by atoms with van der Waals surface area (Å²) in [5.74, 6) is -2.03. The number of amides is 1. The van der Waals surface area contributed by atoms with Gasteiger partial charge in [-0.25, -0.2) is 9.79 Å². The van der Waals surface area contributed by atoms with Crippen LogP contribution in [0, 0.1) is 0 Å². The number of carbonyl (C=O) groups is 2. The standard InChI is InChI=1S/C34H36ClF3N4O4/c1-22(24-11-15-28(35)16-12-24)41-33(40-21-34(36,37)38)42(29-17-13-26(14-18-29)25-5-3-2-4-6-25)20-23-7-9-27(10-8-23)31(44)39-19-30(43)32(45)46/h5,7-18,22,30,43H,2-4,6,19-21H2,1H3,(H,39,44)(H,40,41)(H,45,46)/t22?,30-/m1/s1. The van der Waals surface area contributed by atoms with Crippen molar-refractivity contribution in [2.24, 2.45) is 4.99 Å². The number of guanidine groups is 1. The maximum atomic E-state index is 13.5. The Balaban J connectivity index is 1.66. The van der Waals surface area contributed by atoms with Crippen LogP contribution in [0.3, 0.4) is 0 Å². The molecule has 4 N–H and O–H groups in total. The average Bonchev–Trinajstić information content (AvgIpc) is 3.05. The molecule has 4 rings (SSSR count). The molecule has 3 aromatic carbocycles. The van der Waals surface area contributed by atoms with E-state index in [2.05, 4.69) is 21.7 Å². The highest BCUT2D eigenvalue weighted by Gasteiger charge is 2.28. The summed E-state index contributed by atoms with van der Waals surface area (Å²) in [6, 6.07) is 20.6. The highest BCUT2D eigenvalue weighted by Crippen LogP contribution is 2.29. The van der Waals surface area contributed by atoms with Gasteiger partial charge in [0.1, 0.15) is 6.54 Å². The van der Waals surface area contributed by atoms with Gasteiger partial charge in [-0.2, -0.15) is 13.2 Å². The van der Waals surface area contributed by atoms with Crippen LogP contribution >= 0.6 is 11.6 Å². The average molecular weight is 657 g/mol. The molecule has 0 spiro atoms. The summed E-state index contributed by atoms with van der Waals surface area (Å²) in [4.78, 5) is 29.0. The van der Waals surface area contributed by atoms with E-state index < -0.39 is 43.3 Å². The summed E-state index contributed by atoms with van der Waals surface area (Å²) in [7, 11) is 0. The van der Waals surface area contributed by atoms with Gasteiger partial charge in [-0.05, 0) is 91.3 Å². The number of benzene rings is 3. The molecular formula is C34H36ClF3N4O4. The molecule has 0 aromatic heterocycles. The molecule has 244 valence electrons. The first-order chi connectivity index (χ1) is 21.9. The van der Waals surface area contributed by atoms with Crippen LogP contribution in [-0.2, 0) is 11.3 Å². The second kappa shape index (κ2) is 15.8. The molecule has 1 amide bonds. The SMILES string of the molecule is CC(N/C(=N/CC(F)(F)F)N(Cc1ccc(C(=O)NC[C@@H](O)C(=O)O)cc1)c1ccc(C2=CCCCC2)cc1)c1ccc(Cl)cc1. The van der Waals surface area contributed by atoms with Gasteiger partial charge in [-0.15, -0.1) is 0 Å². The molecule has 0 saturated carbocycles. The fourth-order valence-electron chi connectivity index (χ4n) is 4.97. The van der Waals surface area contributed by atoms with Crippen molar-refractivity contribution in [2.45, 2.75) is 57.5 Å². The first kappa shape index (κ1) is 34.5. The number of rotatable bonds is 11. The maximum Gasteiger partial charge on any atom is 0.408 e. The Kier molecular flexibility index (Phi) is 11.8. The highest BCUT2D eigenvalue weighted by molar-refractivity contribution is 6.30. The number of carboxylic acids is 1. The normalized spacial score (nSPS) is 15.0. The lowest BCUT2D eigenvalue weighted by molar-refractivity contribution is -0.146. The van der Waals surface area contributed by atoms with E-state index in [-0.39, 0.29) is 18.1 Å². The predicted octanol–water partition coefficient (Wildman–Crippen LogP) is 6.75. The molecule has 46 heavy (non-hydrogen) atoms. The minimum absolute atomic E-state index is 0.00823. The van der Waals surface area contributed by atoms with Crippen molar-refractivity contribution in [3.8, 4) is 0 Å². The van der Waals surface area contributed by atoms with Gasteiger partial charge in [0.25, 0.3) is 5.91 Å². The predicted molar refractivity (Wildman–Crippen MR) is 173 cm³/mol. The molecule has 8 nitrogen and oxygen atoms in total. The zero-order chi connectivity index (χ0) is 33.3. The second-order valence-electron chi connectivity index (χ2n) is 11.0. The molecule has 0 bridgehead atoms. The number of anilines is 1. The first-order valence-electron chi connectivity index (χ1n) is 14.9. The first-order valence-corrected chi connectivity index (χ1v) is 15.3. The molecule has 1 aliphatic carbocycles. The Bertz CT molecular complexity index is 1540. The Hall–Kier alpha value is -4.35. The summed E-state index contributed by atoms with van der Waals surface area (Å²) in [5.41, 5.74) is 4.60. The van der Waals surface area contributed by atoms with Gasteiger partial charge in [0, 0.05) is 16.3 Å². The van der Waals surface area contributed by atoms with Crippen molar-refractivity contribution in [2.75, 3.05) is 18.0 Å². The van der Waals surface area contributed by atoms with Gasteiger partial charge in [0.15, 0.2) is 12.1 Å². The minimum Gasteiger partial charge on any atom is -0.479 e. The van der Waals surface area contributed by atoms with Gasteiger partial charge in [-0.3, -0.25) is 4.79 Å². The number of nitrogens with one attached hydrogen (secondary N) is 2. The van der Waals surface area contributed by atoms with Gasteiger partial charge in [0.2, 0.25) is 0 Å².